The molecule has 6 heteroatoms. The molecule has 6 nitrogen and oxygen atoms in total. The number of rotatable bonds is 60. The monoisotopic (exact) mass is 1130 g/mol. The number of allylic oxidation sites excluding steroid dienone is 24. The molecule has 0 aliphatic carbocycles. The summed E-state index contributed by atoms with van der Waals surface area (Å²) in [4.78, 5) is 38.4. The van der Waals surface area contributed by atoms with Gasteiger partial charge in [0.25, 0.3) is 0 Å². The van der Waals surface area contributed by atoms with Gasteiger partial charge in [-0.05, 0) is 122 Å². The van der Waals surface area contributed by atoms with Crippen molar-refractivity contribution < 1.29 is 28.6 Å². The quantitative estimate of drug-likeness (QED) is 0.0261. The van der Waals surface area contributed by atoms with Crippen LogP contribution in [0.15, 0.2) is 146 Å². The number of esters is 3. The van der Waals surface area contributed by atoms with E-state index in [1.54, 1.807) is 0 Å². The average molecular weight is 1130 g/mol. The van der Waals surface area contributed by atoms with Crippen molar-refractivity contribution >= 4 is 17.9 Å². The Morgan fingerprint density at radius 2 is 0.476 bits per heavy atom. The summed E-state index contributed by atoms with van der Waals surface area (Å²) < 4.78 is 16.9. The third-order valence-corrected chi connectivity index (χ3v) is 14.1. The van der Waals surface area contributed by atoms with E-state index in [0.29, 0.717) is 19.3 Å². The van der Waals surface area contributed by atoms with Crippen LogP contribution in [-0.4, -0.2) is 37.2 Å². The fraction of sp³-hybridized carbons (Fsp3) is 0.645. The van der Waals surface area contributed by atoms with E-state index in [1.165, 1.54) is 109 Å². The molecule has 0 aliphatic heterocycles. The molecule has 0 saturated carbocycles. The minimum Gasteiger partial charge on any atom is -0.462 e. The highest BCUT2D eigenvalue weighted by molar-refractivity contribution is 5.71. The molecule has 464 valence electrons. The van der Waals surface area contributed by atoms with Gasteiger partial charge in [0.05, 0.1) is 0 Å². The molecular weight excluding hydrogens is 1010 g/mol. The molecule has 0 saturated heterocycles. The van der Waals surface area contributed by atoms with Crippen LogP contribution in [0.1, 0.15) is 297 Å². The highest BCUT2D eigenvalue weighted by Crippen LogP contribution is 2.16. The van der Waals surface area contributed by atoms with Gasteiger partial charge in [-0.1, -0.05) is 301 Å². The van der Waals surface area contributed by atoms with Crippen LogP contribution in [0.25, 0.3) is 0 Å². The molecule has 82 heavy (non-hydrogen) atoms. The van der Waals surface area contributed by atoms with E-state index in [9.17, 15) is 14.4 Å². The predicted molar refractivity (Wildman–Crippen MR) is 357 cm³/mol. The van der Waals surface area contributed by atoms with Crippen LogP contribution in [0.5, 0.6) is 0 Å². The van der Waals surface area contributed by atoms with Gasteiger partial charge in [-0.15, -0.1) is 0 Å². The standard InChI is InChI=1S/C76H124O6/c1-4-7-10-13-16-19-22-25-27-29-31-33-35-36-37-38-39-40-42-43-45-47-49-51-54-57-60-63-66-69-75(78)81-72-73(71-80-74(77)68-65-62-59-56-53-24-21-18-15-12-9-6-3)82-76(79)70-67-64-61-58-55-52-50-48-46-44-41-34-32-30-28-26-23-20-17-14-11-8-5-2/h7-8,10-11,16-17,19-20,25-28,31-34,36-37,39-40,44,46,50,52,73H,4-6,9,12-15,18,21-24,29-30,35,38,41-43,45,47-49,51,53-72H2,1-3H3/b10-7-,11-8-,19-16-,20-17-,27-25-,28-26-,33-31-,34-32-,37-36-,40-39-,46-44-,52-50-. The van der Waals surface area contributed by atoms with Crippen molar-refractivity contribution in [1.29, 1.82) is 0 Å². The number of ether oxygens (including phenoxy) is 3. The van der Waals surface area contributed by atoms with Gasteiger partial charge in [-0.2, -0.15) is 0 Å². The SMILES string of the molecule is CC/C=C\C/C=C\C/C=C\C/C=C\C/C=C\C/C=C\CCCCCCCCCCCCC(=O)OCC(COC(=O)CCCCCCCCCCCCCC)OC(=O)CCCCCC/C=C\C/C=C\C/C=C\C/C=C\C/C=C\C/C=C\CC. The molecule has 1 atom stereocenters. The van der Waals surface area contributed by atoms with Crippen LogP contribution in [0, 0.1) is 0 Å². The van der Waals surface area contributed by atoms with E-state index in [4.69, 9.17) is 14.2 Å². The molecule has 0 N–H and O–H groups in total. The molecular formula is C76H124O6. The first kappa shape index (κ1) is 77.3. The summed E-state index contributed by atoms with van der Waals surface area (Å²) in [6.07, 6.45) is 98.6. The normalized spacial score (nSPS) is 13.1. The van der Waals surface area contributed by atoms with Crippen LogP contribution in [-0.2, 0) is 28.6 Å². The fourth-order valence-electron chi connectivity index (χ4n) is 9.10. The lowest BCUT2D eigenvalue weighted by atomic mass is 10.0. The van der Waals surface area contributed by atoms with Crippen molar-refractivity contribution in [2.45, 2.75) is 303 Å². The smallest absolute Gasteiger partial charge is 0.306 e. The van der Waals surface area contributed by atoms with Gasteiger partial charge < -0.3 is 14.2 Å². The zero-order valence-corrected chi connectivity index (χ0v) is 53.2. The molecule has 0 fully saturated rings. The van der Waals surface area contributed by atoms with Gasteiger partial charge in [0.2, 0.25) is 0 Å². The van der Waals surface area contributed by atoms with E-state index in [1.807, 2.05) is 0 Å². The lowest BCUT2D eigenvalue weighted by molar-refractivity contribution is -0.167. The number of hydrogen-bond acceptors (Lipinski definition) is 6. The van der Waals surface area contributed by atoms with Gasteiger partial charge in [-0.3, -0.25) is 14.4 Å². The molecule has 0 aliphatic rings. The maximum Gasteiger partial charge on any atom is 0.306 e. The molecule has 0 spiro atoms. The number of carbonyl (C=O) groups excluding carboxylic acids is 3. The lowest BCUT2D eigenvalue weighted by Gasteiger charge is -2.18. The molecule has 0 aromatic carbocycles. The minimum atomic E-state index is -0.799. The van der Waals surface area contributed by atoms with E-state index < -0.39 is 6.10 Å². The molecule has 0 aromatic heterocycles. The first-order chi connectivity index (χ1) is 40.5. The molecule has 0 amide bonds. The zero-order valence-electron chi connectivity index (χ0n) is 53.2. The van der Waals surface area contributed by atoms with E-state index in [0.717, 1.165) is 148 Å². The Labute approximate surface area is 506 Å². The average Bonchev–Trinajstić information content (AvgIpc) is 3.47. The predicted octanol–water partition coefficient (Wildman–Crippen LogP) is 23.5. The fourth-order valence-corrected chi connectivity index (χ4v) is 9.10. The summed E-state index contributed by atoms with van der Waals surface area (Å²) in [7, 11) is 0. The highest BCUT2D eigenvalue weighted by atomic mass is 16.6. The topological polar surface area (TPSA) is 78.9 Å². The van der Waals surface area contributed by atoms with E-state index >= 15 is 0 Å². The highest BCUT2D eigenvalue weighted by Gasteiger charge is 2.19. The van der Waals surface area contributed by atoms with Crippen molar-refractivity contribution in [3.05, 3.63) is 146 Å². The molecule has 0 aromatic rings. The number of carbonyl (C=O) groups is 3. The van der Waals surface area contributed by atoms with Crippen molar-refractivity contribution in [2.75, 3.05) is 13.2 Å². The van der Waals surface area contributed by atoms with Crippen LogP contribution in [0.2, 0.25) is 0 Å². The van der Waals surface area contributed by atoms with Crippen LogP contribution < -0.4 is 0 Å². The van der Waals surface area contributed by atoms with Gasteiger partial charge in [0.1, 0.15) is 13.2 Å². The van der Waals surface area contributed by atoms with Crippen molar-refractivity contribution in [3.8, 4) is 0 Å². The third kappa shape index (κ3) is 66.1. The van der Waals surface area contributed by atoms with Crippen LogP contribution in [0.3, 0.4) is 0 Å². The summed E-state index contributed by atoms with van der Waals surface area (Å²) >= 11 is 0. The van der Waals surface area contributed by atoms with E-state index in [-0.39, 0.29) is 31.1 Å². The van der Waals surface area contributed by atoms with Gasteiger partial charge in [0, 0.05) is 19.3 Å². The lowest BCUT2D eigenvalue weighted by Crippen LogP contribution is -2.30. The zero-order chi connectivity index (χ0) is 59.2. The van der Waals surface area contributed by atoms with Gasteiger partial charge in [-0.25, -0.2) is 0 Å². The van der Waals surface area contributed by atoms with Crippen molar-refractivity contribution in [3.63, 3.8) is 0 Å². The second kappa shape index (κ2) is 68.8. The maximum atomic E-state index is 12.9. The number of hydrogen-bond donors (Lipinski definition) is 0. The molecule has 0 radical (unpaired) electrons. The Kier molecular flexibility index (Phi) is 64.8. The Bertz CT molecular complexity index is 1780. The largest absolute Gasteiger partial charge is 0.462 e. The minimum absolute atomic E-state index is 0.0917. The van der Waals surface area contributed by atoms with Crippen LogP contribution >= 0.6 is 0 Å². The number of unbranched alkanes of at least 4 members (excludes halogenated alkanes) is 25. The second-order valence-electron chi connectivity index (χ2n) is 22.0. The summed E-state index contributed by atoms with van der Waals surface area (Å²) in [6.45, 7) is 6.40. The van der Waals surface area contributed by atoms with Crippen molar-refractivity contribution in [2.24, 2.45) is 0 Å². The van der Waals surface area contributed by atoms with Crippen molar-refractivity contribution in [1.82, 2.24) is 0 Å². The van der Waals surface area contributed by atoms with E-state index in [2.05, 4.69) is 167 Å². The molecule has 1 unspecified atom stereocenters. The summed E-state index contributed by atoms with van der Waals surface area (Å²) in [5, 5.41) is 0. The van der Waals surface area contributed by atoms with Crippen LogP contribution in [0.4, 0.5) is 0 Å². The first-order valence-electron chi connectivity index (χ1n) is 33.8. The Morgan fingerprint density at radius 1 is 0.256 bits per heavy atom. The Balaban J connectivity index is 4.36. The molecule has 0 heterocycles. The third-order valence-electron chi connectivity index (χ3n) is 14.1. The first-order valence-corrected chi connectivity index (χ1v) is 33.8. The molecule has 0 bridgehead atoms. The summed E-state index contributed by atoms with van der Waals surface area (Å²) in [6, 6.07) is 0. The molecule has 0 rings (SSSR count). The Morgan fingerprint density at radius 3 is 0.744 bits per heavy atom. The summed E-state index contributed by atoms with van der Waals surface area (Å²) in [5.74, 6) is -0.918. The summed E-state index contributed by atoms with van der Waals surface area (Å²) in [5.41, 5.74) is 0. The maximum absolute atomic E-state index is 12.9. The Hall–Kier alpha value is -4.71. The second-order valence-corrected chi connectivity index (χ2v) is 22.0. The van der Waals surface area contributed by atoms with Gasteiger partial charge >= 0.3 is 17.9 Å². The van der Waals surface area contributed by atoms with Gasteiger partial charge in [0.15, 0.2) is 6.10 Å².